The highest BCUT2D eigenvalue weighted by Crippen LogP contribution is 2.18. The number of nitrogens with one attached hydrogen (secondary N) is 1. The quantitative estimate of drug-likeness (QED) is 0.541. The average Bonchev–Trinajstić information content (AvgIpc) is 3.36. The maximum absolute atomic E-state index is 12.3. The Labute approximate surface area is 169 Å². The van der Waals surface area contributed by atoms with E-state index in [9.17, 15) is 4.79 Å². The summed E-state index contributed by atoms with van der Waals surface area (Å²) in [4.78, 5) is 12.3. The lowest BCUT2D eigenvalue weighted by Gasteiger charge is -2.07. The molecular weight excluding hydrogens is 364 g/mol. The molecule has 2 heterocycles. The molecule has 0 unspecified atom stereocenters. The first-order chi connectivity index (χ1) is 14.1. The number of aryl methyl sites for hydroxylation is 2. The number of hydrogen-bond donors (Lipinski definition) is 1. The van der Waals surface area contributed by atoms with Crippen LogP contribution in [0.25, 0.3) is 16.9 Å². The molecular formula is C23H22N4O2. The van der Waals surface area contributed by atoms with Gasteiger partial charge in [-0.15, -0.1) is 0 Å². The van der Waals surface area contributed by atoms with Gasteiger partial charge in [0.2, 0.25) is 5.76 Å². The van der Waals surface area contributed by atoms with Crippen LogP contribution >= 0.6 is 0 Å². The predicted octanol–water partition coefficient (Wildman–Crippen LogP) is 4.12. The Morgan fingerprint density at radius 2 is 1.79 bits per heavy atom. The highest BCUT2D eigenvalue weighted by molar-refractivity contribution is 5.92. The zero-order valence-corrected chi connectivity index (χ0v) is 16.4. The first-order valence-corrected chi connectivity index (χ1v) is 9.53. The van der Waals surface area contributed by atoms with Gasteiger partial charge in [0.15, 0.2) is 0 Å². The second-order valence-corrected chi connectivity index (χ2v) is 6.95. The molecule has 0 fully saturated rings. The van der Waals surface area contributed by atoms with Crippen LogP contribution in [0.4, 0.5) is 0 Å². The van der Waals surface area contributed by atoms with Crippen LogP contribution in [-0.4, -0.2) is 27.4 Å². The van der Waals surface area contributed by atoms with Gasteiger partial charge in [-0.3, -0.25) is 4.79 Å². The molecule has 0 aliphatic heterocycles. The Morgan fingerprint density at radius 1 is 1.03 bits per heavy atom. The van der Waals surface area contributed by atoms with Gasteiger partial charge in [0.1, 0.15) is 5.69 Å². The molecule has 1 N–H and O–H groups in total. The molecule has 0 atom stereocenters. The maximum Gasteiger partial charge on any atom is 0.289 e. The summed E-state index contributed by atoms with van der Waals surface area (Å²) in [7, 11) is 0. The monoisotopic (exact) mass is 386 g/mol. The number of aromatic nitrogens is 3. The fourth-order valence-electron chi connectivity index (χ4n) is 3.23. The summed E-state index contributed by atoms with van der Waals surface area (Å²) in [6, 6.07) is 21.5. The van der Waals surface area contributed by atoms with Gasteiger partial charge in [0, 0.05) is 23.9 Å². The van der Waals surface area contributed by atoms with E-state index in [0.29, 0.717) is 12.2 Å². The van der Waals surface area contributed by atoms with Crippen molar-refractivity contribution < 1.29 is 9.32 Å². The van der Waals surface area contributed by atoms with Crippen LogP contribution in [0.1, 0.15) is 27.5 Å². The molecule has 2 aromatic carbocycles. The Morgan fingerprint density at radius 3 is 2.48 bits per heavy atom. The summed E-state index contributed by atoms with van der Waals surface area (Å²) in [6.45, 7) is 4.54. The van der Waals surface area contributed by atoms with Crippen molar-refractivity contribution >= 4 is 5.91 Å². The van der Waals surface area contributed by atoms with E-state index in [1.807, 2.05) is 61.0 Å². The number of hydrogen-bond acceptors (Lipinski definition) is 4. The summed E-state index contributed by atoms with van der Waals surface area (Å²) in [5.74, 6) is -0.0531. The van der Waals surface area contributed by atoms with E-state index in [1.165, 1.54) is 0 Å². The minimum absolute atomic E-state index is 0.212. The van der Waals surface area contributed by atoms with E-state index in [1.54, 1.807) is 6.07 Å². The molecule has 0 bridgehead atoms. The maximum atomic E-state index is 12.3. The van der Waals surface area contributed by atoms with E-state index < -0.39 is 0 Å². The van der Waals surface area contributed by atoms with Crippen LogP contribution < -0.4 is 5.32 Å². The molecule has 146 valence electrons. The number of carbonyl (C=O) groups is 1. The lowest BCUT2D eigenvalue weighted by molar-refractivity contribution is 0.0917. The topological polar surface area (TPSA) is 73.0 Å². The fourth-order valence-corrected chi connectivity index (χ4v) is 3.23. The van der Waals surface area contributed by atoms with Gasteiger partial charge < -0.3 is 9.84 Å². The summed E-state index contributed by atoms with van der Waals surface area (Å²) >= 11 is 0. The van der Waals surface area contributed by atoms with Gasteiger partial charge in [-0.25, -0.2) is 4.68 Å². The molecule has 29 heavy (non-hydrogen) atoms. The summed E-state index contributed by atoms with van der Waals surface area (Å²) < 4.78 is 7.12. The smallest absolute Gasteiger partial charge is 0.289 e. The lowest BCUT2D eigenvalue weighted by Crippen LogP contribution is -2.25. The van der Waals surface area contributed by atoms with Crippen molar-refractivity contribution in [3.63, 3.8) is 0 Å². The third kappa shape index (κ3) is 4.27. The van der Waals surface area contributed by atoms with E-state index in [4.69, 9.17) is 4.52 Å². The number of carbonyl (C=O) groups excluding carboxylic acids is 1. The van der Waals surface area contributed by atoms with Gasteiger partial charge in [0.25, 0.3) is 5.91 Å². The van der Waals surface area contributed by atoms with Crippen LogP contribution in [0, 0.1) is 13.8 Å². The van der Waals surface area contributed by atoms with Crippen molar-refractivity contribution in [2.24, 2.45) is 0 Å². The van der Waals surface area contributed by atoms with Gasteiger partial charge in [-0.2, -0.15) is 5.10 Å². The van der Waals surface area contributed by atoms with E-state index in [0.717, 1.165) is 34.6 Å². The fraction of sp³-hybridized carbons (Fsp3) is 0.174. The van der Waals surface area contributed by atoms with Crippen LogP contribution in [0.2, 0.25) is 0 Å². The molecule has 0 aliphatic carbocycles. The highest BCUT2D eigenvalue weighted by Gasteiger charge is 2.13. The normalized spacial score (nSPS) is 10.8. The number of nitrogens with zero attached hydrogens (tertiary/aromatic N) is 3. The third-order valence-electron chi connectivity index (χ3n) is 4.69. The second kappa shape index (κ2) is 8.14. The zero-order chi connectivity index (χ0) is 20.2. The van der Waals surface area contributed by atoms with Crippen molar-refractivity contribution in [3.8, 4) is 16.9 Å². The molecule has 4 rings (SSSR count). The summed E-state index contributed by atoms with van der Waals surface area (Å²) in [6.07, 6.45) is 0.725. The second-order valence-electron chi connectivity index (χ2n) is 6.95. The van der Waals surface area contributed by atoms with Gasteiger partial charge >= 0.3 is 0 Å². The average molecular weight is 386 g/mol. The van der Waals surface area contributed by atoms with Crippen molar-refractivity contribution in [2.45, 2.75) is 20.3 Å². The largest absolute Gasteiger partial charge is 0.350 e. The van der Waals surface area contributed by atoms with Gasteiger partial charge in [-0.1, -0.05) is 47.6 Å². The molecule has 0 saturated heterocycles. The summed E-state index contributed by atoms with van der Waals surface area (Å²) in [5.41, 5.74) is 5.83. The van der Waals surface area contributed by atoms with Gasteiger partial charge in [0.05, 0.1) is 11.4 Å². The Kier molecular flexibility index (Phi) is 5.24. The molecule has 4 aromatic rings. The SMILES string of the molecule is Cc1cc(C)n(-c2ccc(CCNC(=O)c3cc(-c4ccccc4)no3)cc2)n1. The van der Waals surface area contributed by atoms with Crippen molar-refractivity contribution in [3.05, 3.63) is 89.4 Å². The van der Waals surface area contributed by atoms with E-state index >= 15 is 0 Å². The van der Waals surface area contributed by atoms with Crippen LogP contribution in [-0.2, 0) is 6.42 Å². The predicted molar refractivity (Wildman–Crippen MR) is 111 cm³/mol. The van der Waals surface area contributed by atoms with Crippen molar-refractivity contribution in [1.29, 1.82) is 0 Å². The summed E-state index contributed by atoms with van der Waals surface area (Å²) in [5, 5.41) is 11.4. The number of benzene rings is 2. The number of rotatable bonds is 6. The van der Waals surface area contributed by atoms with Gasteiger partial charge in [-0.05, 0) is 44.0 Å². The Bertz CT molecular complexity index is 1110. The van der Waals surface area contributed by atoms with Crippen LogP contribution in [0.5, 0.6) is 0 Å². The third-order valence-corrected chi connectivity index (χ3v) is 4.69. The van der Waals surface area contributed by atoms with E-state index in [-0.39, 0.29) is 11.7 Å². The lowest BCUT2D eigenvalue weighted by atomic mass is 10.1. The molecule has 0 spiro atoms. The van der Waals surface area contributed by atoms with Crippen LogP contribution in [0.3, 0.4) is 0 Å². The first kappa shape index (κ1) is 18.7. The zero-order valence-electron chi connectivity index (χ0n) is 16.4. The highest BCUT2D eigenvalue weighted by atomic mass is 16.5. The Hall–Kier alpha value is -3.67. The number of amides is 1. The van der Waals surface area contributed by atoms with Crippen LogP contribution in [0.15, 0.2) is 71.3 Å². The van der Waals surface area contributed by atoms with E-state index in [2.05, 4.69) is 33.8 Å². The van der Waals surface area contributed by atoms with Crippen molar-refractivity contribution in [1.82, 2.24) is 20.3 Å². The minimum Gasteiger partial charge on any atom is -0.350 e. The van der Waals surface area contributed by atoms with Crippen molar-refractivity contribution in [2.75, 3.05) is 6.54 Å². The first-order valence-electron chi connectivity index (χ1n) is 9.53. The Balaban J connectivity index is 1.33. The molecule has 0 saturated carbocycles. The molecule has 1 amide bonds. The molecule has 0 radical (unpaired) electrons. The molecule has 2 aromatic heterocycles. The standard InChI is InChI=1S/C23H22N4O2/c1-16-14-17(2)27(25-16)20-10-8-18(9-11-20)12-13-24-23(28)22-15-21(26-29-22)19-6-4-3-5-7-19/h3-11,14-15H,12-13H2,1-2H3,(H,24,28). The molecule has 6 nitrogen and oxygen atoms in total. The molecule has 6 heteroatoms. The minimum atomic E-state index is -0.265. The molecule has 0 aliphatic rings.